The number of likely N-dealkylation sites (tertiary alicyclic amines) is 1. The molecule has 0 spiro atoms. The summed E-state index contributed by atoms with van der Waals surface area (Å²) in [6.45, 7) is 4.47. The van der Waals surface area contributed by atoms with E-state index < -0.39 is 0 Å². The molecule has 0 radical (unpaired) electrons. The number of phenols is 1. The highest BCUT2D eigenvalue weighted by atomic mass is 32.2. The smallest absolute Gasteiger partial charge is 0.126 e. The number of hydrogen-bond donors (Lipinski definition) is 1. The van der Waals surface area contributed by atoms with Gasteiger partial charge in [-0.25, -0.2) is 0 Å². The van der Waals surface area contributed by atoms with Crippen molar-refractivity contribution in [1.29, 1.82) is 0 Å². The summed E-state index contributed by atoms with van der Waals surface area (Å²) in [5.74, 6) is 2.67. The monoisotopic (exact) mass is 473 g/mol. The zero-order valence-corrected chi connectivity index (χ0v) is 20.7. The average molecular weight is 474 g/mol. The third-order valence-corrected chi connectivity index (χ3v) is 8.30. The van der Waals surface area contributed by atoms with Crippen LogP contribution >= 0.6 is 11.8 Å². The van der Waals surface area contributed by atoms with Crippen LogP contribution in [0.5, 0.6) is 11.5 Å². The van der Waals surface area contributed by atoms with Gasteiger partial charge in [0.1, 0.15) is 11.5 Å². The van der Waals surface area contributed by atoms with Crippen molar-refractivity contribution < 1.29 is 9.84 Å². The van der Waals surface area contributed by atoms with Gasteiger partial charge in [0, 0.05) is 28.4 Å². The van der Waals surface area contributed by atoms with Crippen LogP contribution < -0.4 is 4.74 Å². The van der Waals surface area contributed by atoms with Crippen LogP contribution in [0, 0.1) is 0 Å². The van der Waals surface area contributed by atoms with Gasteiger partial charge >= 0.3 is 0 Å². The predicted molar refractivity (Wildman–Crippen MR) is 141 cm³/mol. The summed E-state index contributed by atoms with van der Waals surface area (Å²) in [6.07, 6.45) is 6.75. The molecule has 0 aromatic heterocycles. The number of thioether (sulfide) groups is 1. The zero-order chi connectivity index (χ0) is 23.2. The largest absolute Gasteiger partial charge is 0.508 e. The summed E-state index contributed by atoms with van der Waals surface area (Å²) >= 11 is 1.97. The number of rotatable bonds is 8. The van der Waals surface area contributed by atoms with E-state index in [1.807, 2.05) is 17.8 Å². The fourth-order valence-electron chi connectivity index (χ4n) is 5.38. The second kappa shape index (κ2) is 11.3. The van der Waals surface area contributed by atoms with E-state index in [9.17, 15) is 5.11 Å². The number of phenolic OH excluding ortho intramolecular Hbond substituents is 1. The molecule has 1 fully saturated rings. The lowest BCUT2D eigenvalue weighted by molar-refractivity contribution is 0.226. The van der Waals surface area contributed by atoms with E-state index in [2.05, 4.69) is 59.5 Å². The molecule has 1 saturated heterocycles. The van der Waals surface area contributed by atoms with E-state index in [-0.39, 0.29) is 17.6 Å². The molecule has 0 amide bonds. The number of unbranched alkanes of at least 4 members (excludes halogenated alkanes) is 1. The lowest BCUT2D eigenvalue weighted by Gasteiger charge is -2.34. The van der Waals surface area contributed by atoms with E-state index in [4.69, 9.17) is 4.74 Å². The third kappa shape index (κ3) is 5.61. The van der Waals surface area contributed by atoms with Crippen molar-refractivity contribution in [3.05, 3.63) is 89.5 Å². The van der Waals surface area contributed by atoms with E-state index in [0.29, 0.717) is 6.61 Å². The molecule has 0 bridgehead atoms. The molecule has 0 aliphatic carbocycles. The van der Waals surface area contributed by atoms with Crippen molar-refractivity contribution in [2.24, 2.45) is 0 Å². The Hall–Kier alpha value is -2.43. The highest BCUT2D eigenvalue weighted by Crippen LogP contribution is 2.47. The Morgan fingerprint density at radius 2 is 1.65 bits per heavy atom. The quantitative estimate of drug-likeness (QED) is 0.280. The number of ether oxygens (including phenoxy) is 1. The molecule has 4 heteroatoms. The molecule has 178 valence electrons. The Balaban J connectivity index is 1.25. The number of nitrogens with zero attached hydrogens (tertiary/aromatic N) is 1. The van der Waals surface area contributed by atoms with Crippen molar-refractivity contribution in [1.82, 2.24) is 4.90 Å². The molecular formula is C30H35NO2S. The lowest BCUT2D eigenvalue weighted by Crippen LogP contribution is -2.30. The third-order valence-electron chi connectivity index (χ3n) is 7.21. The Morgan fingerprint density at radius 3 is 2.44 bits per heavy atom. The minimum Gasteiger partial charge on any atom is -0.508 e. The maximum atomic E-state index is 9.97. The Bertz CT molecular complexity index is 1050. The molecule has 2 aliphatic rings. The van der Waals surface area contributed by atoms with E-state index >= 15 is 0 Å². The van der Waals surface area contributed by atoms with Crippen molar-refractivity contribution in [3.8, 4) is 11.5 Å². The van der Waals surface area contributed by atoms with Gasteiger partial charge in [-0.15, -0.1) is 11.8 Å². The summed E-state index contributed by atoms with van der Waals surface area (Å²) in [5.41, 5.74) is 3.74. The number of fused-ring (bicyclic) bond motifs is 1. The zero-order valence-electron chi connectivity index (χ0n) is 19.9. The van der Waals surface area contributed by atoms with Crippen LogP contribution in [0.3, 0.4) is 0 Å². The maximum Gasteiger partial charge on any atom is 0.126 e. The summed E-state index contributed by atoms with van der Waals surface area (Å²) in [6, 6.07) is 25.3. The number of hydrogen-bond acceptors (Lipinski definition) is 4. The topological polar surface area (TPSA) is 32.7 Å². The average Bonchev–Trinajstić information content (AvgIpc) is 2.89. The van der Waals surface area contributed by atoms with Gasteiger partial charge in [-0.2, -0.15) is 0 Å². The van der Waals surface area contributed by atoms with Gasteiger partial charge in [0.05, 0.1) is 6.61 Å². The first-order valence-electron chi connectivity index (χ1n) is 12.7. The molecule has 3 nitrogen and oxygen atoms in total. The van der Waals surface area contributed by atoms with Gasteiger partial charge < -0.3 is 14.7 Å². The van der Waals surface area contributed by atoms with Gasteiger partial charge in [-0.05, 0) is 80.4 Å². The fraction of sp³-hybridized carbons (Fsp3) is 0.400. The van der Waals surface area contributed by atoms with Crippen LogP contribution in [0.15, 0.2) is 77.7 Å². The van der Waals surface area contributed by atoms with Gasteiger partial charge in [0.25, 0.3) is 0 Å². The summed E-state index contributed by atoms with van der Waals surface area (Å²) in [7, 11) is 0. The first-order chi connectivity index (χ1) is 16.8. The van der Waals surface area contributed by atoms with Crippen LogP contribution in [0.1, 0.15) is 60.6 Å². The minimum atomic E-state index is 0.204. The van der Waals surface area contributed by atoms with Gasteiger partial charge in [0.2, 0.25) is 0 Å². The second-order valence-electron chi connectivity index (χ2n) is 9.55. The van der Waals surface area contributed by atoms with Gasteiger partial charge in [-0.1, -0.05) is 55.0 Å². The van der Waals surface area contributed by atoms with Crippen molar-refractivity contribution in [2.75, 3.05) is 32.0 Å². The Labute approximate surface area is 208 Å². The molecule has 5 rings (SSSR count). The molecule has 0 saturated carbocycles. The molecule has 0 unspecified atom stereocenters. The van der Waals surface area contributed by atoms with Crippen molar-refractivity contribution in [2.45, 2.75) is 48.8 Å². The highest BCUT2D eigenvalue weighted by Gasteiger charge is 2.33. The molecule has 2 atom stereocenters. The molecule has 2 aliphatic heterocycles. The molecule has 3 aromatic carbocycles. The molecular weight excluding hydrogens is 438 g/mol. The summed E-state index contributed by atoms with van der Waals surface area (Å²) in [5, 5.41) is 9.97. The van der Waals surface area contributed by atoms with Crippen molar-refractivity contribution in [3.63, 3.8) is 0 Å². The molecule has 1 N–H and O–H groups in total. The van der Waals surface area contributed by atoms with Gasteiger partial charge in [-0.3, -0.25) is 0 Å². The van der Waals surface area contributed by atoms with Gasteiger partial charge in [0.15, 0.2) is 0 Å². The fourth-order valence-corrected chi connectivity index (χ4v) is 6.29. The first kappa shape index (κ1) is 23.3. The SMILES string of the molecule is Oc1ccc2c(c1)OC[C@@H](c1ccccc1)[C@H]2c1ccc(SCCCCN2CCCCC2)cc1. The van der Waals surface area contributed by atoms with Crippen LogP contribution in [0.25, 0.3) is 0 Å². The Morgan fingerprint density at radius 1 is 0.853 bits per heavy atom. The Kier molecular flexibility index (Phi) is 7.77. The maximum absolute atomic E-state index is 9.97. The van der Waals surface area contributed by atoms with Crippen molar-refractivity contribution >= 4 is 11.8 Å². The van der Waals surface area contributed by atoms with E-state index in [1.165, 1.54) is 73.5 Å². The molecule has 3 aromatic rings. The normalized spacial score (nSPS) is 20.5. The molecule has 2 heterocycles. The summed E-state index contributed by atoms with van der Waals surface area (Å²) < 4.78 is 6.10. The van der Waals surface area contributed by atoms with E-state index in [0.717, 1.165) is 11.3 Å². The predicted octanol–water partition coefficient (Wildman–Crippen LogP) is 7.06. The number of aromatic hydroxyl groups is 1. The number of piperidine rings is 1. The van der Waals surface area contributed by atoms with Crippen LogP contribution in [0.4, 0.5) is 0 Å². The van der Waals surface area contributed by atoms with Crippen LogP contribution in [-0.2, 0) is 0 Å². The van der Waals surface area contributed by atoms with Crippen LogP contribution in [-0.4, -0.2) is 42.0 Å². The summed E-state index contributed by atoms with van der Waals surface area (Å²) in [4.78, 5) is 3.98. The van der Waals surface area contributed by atoms with E-state index in [1.54, 1.807) is 12.1 Å². The first-order valence-corrected chi connectivity index (χ1v) is 13.7. The number of benzene rings is 3. The standard InChI is InChI=1S/C30H35NO2S/c32-25-13-16-27-29(21-25)33-22-28(23-9-3-1-4-10-23)30(27)24-11-14-26(15-12-24)34-20-8-7-19-31-17-5-2-6-18-31/h1,3-4,9-16,21,28,30,32H,2,5-8,17-20,22H2/t28-,30-/m0/s1. The molecule has 34 heavy (non-hydrogen) atoms. The van der Waals surface area contributed by atoms with Crippen LogP contribution in [0.2, 0.25) is 0 Å². The highest BCUT2D eigenvalue weighted by molar-refractivity contribution is 7.99. The minimum absolute atomic E-state index is 0.204. The second-order valence-corrected chi connectivity index (χ2v) is 10.7. The lowest BCUT2D eigenvalue weighted by atomic mass is 9.76.